The largest absolute Gasteiger partial charge is 0.481 e. The van der Waals surface area contributed by atoms with Gasteiger partial charge in [-0.1, -0.05) is 0 Å². The van der Waals surface area contributed by atoms with E-state index >= 15 is 0 Å². The highest BCUT2D eigenvalue weighted by Crippen LogP contribution is 2.42. The second-order valence-corrected chi connectivity index (χ2v) is 6.49. The summed E-state index contributed by atoms with van der Waals surface area (Å²) >= 11 is 1.71. The standard InChI is InChI=1S/C13H22N2O3S/c1-8(7-19-3)14(2)13(18)15-9-4-5-11(15)10(6-9)12(16)17/h8-11H,4-7H2,1-3H3,(H,16,17). The Morgan fingerprint density at radius 1 is 1.47 bits per heavy atom. The van der Waals surface area contributed by atoms with Gasteiger partial charge in [0.15, 0.2) is 0 Å². The molecule has 0 aromatic rings. The second-order valence-electron chi connectivity index (χ2n) is 5.58. The van der Waals surface area contributed by atoms with Crippen LogP contribution in [0.2, 0.25) is 0 Å². The molecule has 4 unspecified atom stereocenters. The number of nitrogens with zero attached hydrogens (tertiary/aromatic N) is 2. The Kier molecular flexibility index (Phi) is 4.28. The highest BCUT2D eigenvalue weighted by molar-refractivity contribution is 7.98. The SMILES string of the molecule is CSCC(C)N(C)C(=O)N1C2CCC1C(C(=O)O)C2. The minimum atomic E-state index is -0.759. The Balaban J connectivity index is 2.06. The number of carboxylic acid groups (broad SMARTS) is 1. The minimum absolute atomic E-state index is 0.00204. The van der Waals surface area contributed by atoms with E-state index in [9.17, 15) is 14.7 Å². The van der Waals surface area contributed by atoms with E-state index in [1.165, 1.54) is 0 Å². The number of amides is 2. The van der Waals surface area contributed by atoms with Crippen molar-refractivity contribution >= 4 is 23.8 Å². The zero-order valence-corrected chi connectivity index (χ0v) is 12.5. The van der Waals surface area contributed by atoms with Crippen molar-refractivity contribution in [3.05, 3.63) is 0 Å². The van der Waals surface area contributed by atoms with Crippen LogP contribution in [0.25, 0.3) is 0 Å². The second kappa shape index (κ2) is 5.61. The topological polar surface area (TPSA) is 60.9 Å². The van der Waals surface area contributed by atoms with Crippen LogP contribution in [0.15, 0.2) is 0 Å². The van der Waals surface area contributed by atoms with Gasteiger partial charge in [0.1, 0.15) is 0 Å². The Labute approximate surface area is 118 Å². The smallest absolute Gasteiger partial charge is 0.320 e. The highest BCUT2D eigenvalue weighted by atomic mass is 32.2. The van der Waals surface area contributed by atoms with Gasteiger partial charge in [-0.05, 0) is 32.4 Å². The zero-order valence-electron chi connectivity index (χ0n) is 11.7. The molecular weight excluding hydrogens is 264 g/mol. The molecule has 0 aromatic carbocycles. The third-order valence-electron chi connectivity index (χ3n) is 4.45. The normalized spacial score (nSPS) is 30.5. The number of fused-ring (bicyclic) bond motifs is 2. The van der Waals surface area contributed by atoms with E-state index in [-0.39, 0.29) is 30.1 Å². The molecule has 2 amide bonds. The molecule has 2 rings (SSSR count). The number of carboxylic acids is 1. The molecule has 5 nitrogen and oxygen atoms in total. The lowest BCUT2D eigenvalue weighted by molar-refractivity contribution is -0.142. The van der Waals surface area contributed by atoms with Gasteiger partial charge in [0.25, 0.3) is 0 Å². The van der Waals surface area contributed by atoms with Crippen LogP contribution < -0.4 is 0 Å². The molecule has 2 aliphatic rings. The molecule has 2 saturated heterocycles. The fourth-order valence-corrected chi connectivity index (χ4v) is 3.98. The first kappa shape index (κ1) is 14.5. The number of aliphatic carboxylic acids is 1. The van der Waals surface area contributed by atoms with Crippen LogP contribution in [-0.4, -0.2) is 64.1 Å². The maximum atomic E-state index is 12.5. The van der Waals surface area contributed by atoms with E-state index in [4.69, 9.17) is 0 Å². The lowest BCUT2D eigenvalue weighted by atomic mass is 9.89. The number of hydrogen-bond donors (Lipinski definition) is 1. The predicted molar refractivity (Wildman–Crippen MR) is 75.4 cm³/mol. The summed E-state index contributed by atoms with van der Waals surface area (Å²) in [6, 6.07) is 0.199. The monoisotopic (exact) mass is 286 g/mol. The number of thioether (sulfide) groups is 1. The van der Waals surface area contributed by atoms with E-state index in [0.717, 1.165) is 18.6 Å². The molecule has 2 aliphatic heterocycles. The van der Waals surface area contributed by atoms with Crippen molar-refractivity contribution in [2.45, 2.75) is 44.3 Å². The molecule has 6 heteroatoms. The van der Waals surface area contributed by atoms with Crippen LogP contribution in [-0.2, 0) is 4.79 Å². The number of rotatable bonds is 4. The molecule has 0 spiro atoms. The first-order valence-electron chi connectivity index (χ1n) is 6.74. The summed E-state index contributed by atoms with van der Waals surface area (Å²) in [5, 5.41) is 9.21. The third kappa shape index (κ3) is 2.55. The van der Waals surface area contributed by atoms with Crippen LogP contribution in [0.3, 0.4) is 0 Å². The first-order chi connectivity index (χ1) is 8.97. The average molecular weight is 286 g/mol. The van der Waals surface area contributed by atoms with Gasteiger partial charge in [-0.25, -0.2) is 4.79 Å². The van der Waals surface area contributed by atoms with Crippen LogP contribution in [0.1, 0.15) is 26.2 Å². The molecule has 108 valence electrons. The fraction of sp³-hybridized carbons (Fsp3) is 0.846. The number of carbonyl (C=O) groups is 2. The van der Waals surface area contributed by atoms with Gasteiger partial charge in [-0.15, -0.1) is 0 Å². The molecule has 0 aliphatic carbocycles. The minimum Gasteiger partial charge on any atom is -0.481 e. The molecular formula is C13H22N2O3S. The molecule has 0 aromatic heterocycles. The van der Waals surface area contributed by atoms with Gasteiger partial charge in [0, 0.05) is 30.9 Å². The molecule has 2 fully saturated rings. The van der Waals surface area contributed by atoms with Crippen LogP contribution >= 0.6 is 11.8 Å². The van der Waals surface area contributed by atoms with Crippen molar-refractivity contribution in [1.29, 1.82) is 0 Å². The molecule has 2 heterocycles. The highest BCUT2D eigenvalue weighted by Gasteiger charge is 2.52. The summed E-state index contributed by atoms with van der Waals surface area (Å²) in [5.74, 6) is -0.231. The maximum absolute atomic E-state index is 12.5. The van der Waals surface area contributed by atoms with Crippen molar-refractivity contribution in [1.82, 2.24) is 9.80 Å². The summed E-state index contributed by atoms with van der Waals surface area (Å²) in [6.07, 6.45) is 4.42. The van der Waals surface area contributed by atoms with Crippen molar-refractivity contribution < 1.29 is 14.7 Å². The van der Waals surface area contributed by atoms with Crippen LogP contribution in [0.4, 0.5) is 4.79 Å². The van der Waals surface area contributed by atoms with E-state index in [1.54, 1.807) is 16.7 Å². The fourth-order valence-electron chi connectivity index (χ4n) is 3.28. The third-order valence-corrected chi connectivity index (χ3v) is 5.26. The summed E-state index contributed by atoms with van der Waals surface area (Å²) in [5.41, 5.74) is 0. The number of carbonyl (C=O) groups excluding carboxylic acids is 1. The first-order valence-corrected chi connectivity index (χ1v) is 8.13. The van der Waals surface area contributed by atoms with Gasteiger partial charge in [-0.2, -0.15) is 11.8 Å². The average Bonchev–Trinajstić information content (AvgIpc) is 2.94. The van der Waals surface area contributed by atoms with E-state index < -0.39 is 5.97 Å². The van der Waals surface area contributed by atoms with Crippen LogP contribution in [0.5, 0.6) is 0 Å². The quantitative estimate of drug-likeness (QED) is 0.855. The summed E-state index contributed by atoms with van der Waals surface area (Å²) in [6.45, 7) is 2.03. The predicted octanol–water partition coefficient (Wildman–Crippen LogP) is 1.73. The number of urea groups is 1. The molecule has 0 saturated carbocycles. The summed E-state index contributed by atoms with van der Waals surface area (Å²) in [4.78, 5) is 27.3. The van der Waals surface area contributed by atoms with Gasteiger partial charge in [0.05, 0.1) is 5.92 Å². The van der Waals surface area contributed by atoms with Crippen molar-refractivity contribution in [3.63, 3.8) is 0 Å². The Hall–Kier alpha value is -0.910. The van der Waals surface area contributed by atoms with E-state index in [0.29, 0.717) is 6.42 Å². The van der Waals surface area contributed by atoms with E-state index in [2.05, 4.69) is 0 Å². The van der Waals surface area contributed by atoms with Gasteiger partial charge >= 0.3 is 12.0 Å². The maximum Gasteiger partial charge on any atom is 0.320 e. The Morgan fingerprint density at radius 3 is 2.68 bits per heavy atom. The molecule has 4 atom stereocenters. The lowest BCUT2D eigenvalue weighted by Gasteiger charge is -2.32. The zero-order chi connectivity index (χ0) is 14.2. The molecule has 2 bridgehead atoms. The molecule has 0 radical (unpaired) electrons. The lowest BCUT2D eigenvalue weighted by Crippen LogP contribution is -2.48. The van der Waals surface area contributed by atoms with Crippen molar-refractivity contribution in [2.24, 2.45) is 5.92 Å². The summed E-state index contributed by atoms with van der Waals surface area (Å²) < 4.78 is 0. The van der Waals surface area contributed by atoms with Crippen molar-refractivity contribution in [3.8, 4) is 0 Å². The Bertz CT molecular complexity index is 377. The number of hydrogen-bond acceptors (Lipinski definition) is 3. The van der Waals surface area contributed by atoms with Crippen LogP contribution in [0, 0.1) is 5.92 Å². The van der Waals surface area contributed by atoms with E-state index in [1.807, 2.05) is 25.1 Å². The molecule has 19 heavy (non-hydrogen) atoms. The Morgan fingerprint density at radius 2 is 2.16 bits per heavy atom. The summed E-state index contributed by atoms with van der Waals surface area (Å²) in [7, 11) is 1.82. The van der Waals surface area contributed by atoms with Gasteiger partial charge in [-0.3, -0.25) is 4.79 Å². The van der Waals surface area contributed by atoms with Gasteiger partial charge < -0.3 is 14.9 Å². The van der Waals surface area contributed by atoms with Gasteiger partial charge in [0.2, 0.25) is 0 Å². The molecule has 1 N–H and O–H groups in total. The van der Waals surface area contributed by atoms with Crippen molar-refractivity contribution in [2.75, 3.05) is 19.1 Å².